The van der Waals surface area contributed by atoms with E-state index in [1.807, 2.05) is 0 Å². The van der Waals surface area contributed by atoms with E-state index in [1.54, 1.807) is 0 Å². The molecule has 2 fully saturated rings. The van der Waals surface area contributed by atoms with Gasteiger partial charge in [-0.3, -0.25) is 4.79 Å². The van der Waals surface area contributed by atoms with Crippen molar-refractivity contribution in [2.75, 3.05) is 6.61 Å². The summed E-state index contributed by atoms with van der Waals surface area (Å²) >= 11 is 0. The van der Waals surface area contributed by atoms with Gasteiger partial charge in [0.25, 0.3) is 0 Å². The van der Waals surface area contributed by atoms with E-state index in [1.165, 1.54) is 31.2 Å². The number of carbonyl (C=O) groups excluding carboxylic acids is 1. The van der Waals surface area contributed by atoms with Gasteiger partial charge in [-0.2, -0.15) is 0 Å². The fraction of sp³-hybridized carbons (Fsp3) is 0.519. The molecular formula is C27H32O14. The number of hydrogen-bond acceptors (Lipinski definition) is 14. The second-order valence-electron chi connectivity index (χ2n) is 10.4. The Hall–Kier alpha value is -3.05. The first-order valence-corrected chi connectivity index (χ1v) is 13.0. The normalized spacial score (nSPS) is 37.3. The van der Waals surface area contributed by atoms with Gasteiger partial charge in [0.15, 0.2) is 12.1 Å². The van der Waals surface area contributed by atoms with E-state index in [2.05, 4.69) is 0 Å². The Bertz CT molecular complexity index is 1270. The lowest BCUT2D eigenvalue weighted by molar-refractivity contribution is -0.338. The first-order valence-electron chi connectivity index (χ1n) is 13.0. The summed E-state index contributed by atoms with van der Waals surface area (Å²) in [4.78, 5) is 13.2. The average molecular weight is 581 g/mol. The van der Waals surface area contributed by atoms with Gasteiger partial charge in [-0.05, 0) is 24.6 Å². The van der Waals surface area contributed by atoms with Crippen molar-refractivity contribution >= 4 is 5.78 Å². The molecule has 2 unspecified atom stereocenters. The topological polar surface area (TPSA) is 236 Å². The molecule has 0 spiro atoms. The van der Waals surface area contributed by atoms with Crippen molar-refractivity contribution in [3.8, 4) is 23.0 Å². The number of benzene rings is 2. The van der Waals surface area contributed by atoms with Crippen molar-refractivity contribution in [1.29, 1.82) is 0 Å². The Morgan fingerprint density at radius 3 is 2.22 bits per heavy atom. The van der Waals surface area contributed by atoms with Gasteiger partial charge < -0.3 is 64.9 Å². The summed E-state index contributed by atoms with van der Waals surface area (Å²) in [6, 6.07) is 6.69. The van der Waals surface area contributed by atoms with E-state index < -0.39 is 91.2 Å². The van der Waals surface area contributed by atoms with Crippen molar-refractivity contribution in [3.63, 3.8) is 0 Å². The molecule has 0 bridgehead atoms. The van der Waals surface area contributed by atoms with Crippen LogP contribution in [0.15, 0.2) is 30.3 Å². The molecule has 0 aliphatic carbocycles. The van der Waals surface area contributed by atoms with Gasteiger partial charge in [-0.15, -0.1) is 0 Å². The second-order valence-corrected chi connectivity index (χ2v) is 10.4. The first kappa shape index (κ1) is 29.4. The predicted molar refractivity (Wildman–Crippen MR) is 134 cm³/mol. The Morgan fingerprint density at radius 1 is 0.878 bits per heavy atom. The van der Waals surface area contributed by atoms with Crippen molar-refractivity contribution in [2.24, 2.45) is 0 Å². The number of aliphatic hydroxyl groups excluding tert-OH is 6. The van der Waals surface area contributed by atoms with Crippen LogP contribution in [0.4, 0.5) is 0 Å². The number of ether oxygens (including phenoxy) is 4. The minimum absolute atomic E-state index is 0.0236. The fourth-order valence-electron chi connectivity index (χ4n) is 5.40. The molecule has 5 rings (SSSR count). The number of aliphatic hydroxyl groups is 6. The molecule has 9 N–H and O–H groups in total. The van der Waals surface area contributed by atoms with Crippen LogP contribution in [0, 0.1) is 0 Å². The van der Waals surface area contributed by atoms with Gasteiger partial charge in [0.05, 0.1) is 24.7 Å². The number of fused-ring (bicyclic) bond motifs is 1. The quantitative estimate of drug-likeness (QED) is 0.204. The number of ketones is 1. The molecule has 3 heterocycles. The standard InChI is InChI=1S/C27H32O14/c1-9-19(33)21(35)23(37)27(38-9)41-26-22(36)20(34)16(8-28)40-25(26)18-13(31)6-12(30)17-14(32)7-15(39-24(17)18)10-2-4-11(29)5-3-10/h2-6,9,15-16,19-23,25-31,33-37H,7-8H2,1H3/t9-,15?,16+,19-,20+,21+,22-,23+,25-,26+,27?/m0/s1. The molecule has 14 heteroatoms. The summed E-state index contributed by atoms with van der Waals surface area (Å²) in [7, 11) is 0. The number of aromatic hydroxyl groups is 3. The van der Waals surface area contributed by atoms with Crippen LogP contribution < -0.4 is 4.74 Å². The molecule has 2 aromatic rings. The summed E-state index contributed by atoms with van der Waals surface area (Å²) in [5.41, 5.74) is -0.0858. The Morgan fingerprint density at radius 2 is 1.56 bits per heavy atom. The maximum atomic E-state index is 13.2. The van der Waals surface area contributed by atoms with Crippen LogP contribution in [0.3, 0.4) is 0 Å². The molecule has 2 saturated heterocycles. The van der Waals surface area contributed by atoms with Gasteiger partial charge >= 0.3 is 0 Å². The highest BCUT2D eigenvalue weighted by molar-refractivity contribution is 6.03. The Labute approximate surface area is 233 Å². The van der Waals surface area contributed by atoms with E-state index >= 15 is 0 Å². The van der Waals surface area contributed by atoms with Crippen LogP contribution in [-0.4, -0.2) is 113 Å². The van der Waals surface area contributed by atoms with Gasteiger partial charge in [0.2, 0.25) is 0 Å². The van der Waals surface area contributed by atoms with E-state index in [4.69, 9.17) is 18.9 Å². The predicted octanol–water partition coefficient (Wildman–Crippen LogP) is -1.12. The van der Waals surface area contributed by atoms with E-state index in [0.717, 1.165) is 6.07 Å². The molecule has 224 valence electrons. The lowest BCUT2D eigenvalue weighted by Gasteiger charge is -2.46. The van der Waals surface area contributed by atoms with Crippen LogP contribution in [0.25, 0.3) is 0 Å². The fourth-order valence-corrected chi connectivity index (χ4v) is 5.40. The minimum atomic E-state index is -1.84. The van der Waals surface area contributed by atoms with Crippen LogP contribution in [0.5, 0.6) is 23.0 Å². The second kappa shape index (κ2) is 11.3. The first-order chi connectivity index (χ1) is 19.4. The molecule has 11 atom stereocenters. The lowest BCUT2D eigenvalue weighted by atomic mass is 9.86. The van der Waals surface area contributed by atoms with Gasteiger partial charge in [-0.1, -0.05) is 12.1 Å². The van der Waals surface area contributed by atoms with E-state index in [9.17, 15) is 50.8 Å². The highest BCUT2D eigenvalue weighted by Gasteiger charge is 2.52. The van der Waals surface area contributed by atoms with Crippen LogP contribution in [-0.2, 0) is 14.2 Å². The molecule has 0 aromatic heterocycles. The lowest BCUT2D eigenvalue weighted by Crippen LogP contribution is -2.61. The third kappa shape index (κ3) is 5.22. The third-order valence-corrected chi connectivity index (χ3v) is 7.70. The Kier molecular flexibility index (Phi) is 8.13. The summed E-state index contributed by atoms with van der Waals surface area (Å²) in [5.74, 6) is -2.14. The molecule has 0 saturated carbocycles. The maximum absolute atomic E-state index is 13.2. The minimum Gasteiger partial charge on any atom is -0.508 e. The van der Waals surface area contributed by atoms with Crippen LogP contribution in [0.1, 0.15) is 47.0 Å². The number of Topliss-reactive ketones (excluding diaryl/α,β-unsaturated/α-hetero) is 1. The molecule has 0 radical (unpaired) electrons. The highest BCUT2D eigenvalue weighted by Crippen LogP contribution is 2.51. The third-order valence-electron chi connectivity index (χ3n) is 7.70. The van der Waals surface area contributed by atoms with Crippen molar-refractivity contribution < 1.29 is 69.7 Å². The molecule has 3 aliphatic heterocycles. The highest BCUT2D eigenvalue weighted by atomic mass is 16.7. The molecular weight excluding hydrogens is 548 g/mol. The van der Waals surface area contributed by atoms with Crippen molar-refractivity contribution in [3.05, 3.63) is 47.0 Å². The smallest absolute Gasteiger partial charge is 0.187 e. The van der Waals surface area contributed by atoms with Gasteiger partial charge in [0.1, 0.15) is 83.5 Å². The maximum Gasteiger partial charge on any atom is 0.187 e. The number of rotatable bonds is 5. The van der Waals surface area contributed by atoms with Crippen molar-refractivity contribution in [2.45, 2.75) is 80.7 Å². The number of phenols is 3. The summed E-state index contributed by atoms with van der Waals surface area (Å²) in [6.45, 7) is 0.631. The number of carbonyl (C=O) groups is 1. The molecule has 14 nitrogen and oxygen atoms in total. The molecule has 41 heavy (non-hydrogen) atoms. The van der Waals surface area contributed by atoms with E-state index in [0.29, 0.717) is 5.56 Å². The number of phenolic OH excluding ortho intramolecular Hbond substituents is 3. The Balaban J connectivity index is 1.58. The monoisotopic (exact) mass is 580 g/mol. The molecule has 2 aromatic carbocycles. The average Bonchev–Trinajstić information content (AvgIpc) is 2.93. The van der Waals surface area contributed by atoms with Crippen LogP contribution in [0.2, 0.25) is 0 Å². The summed E-state index contributed by atoms with van der Waals surface area (Å²) < 4.78 is 23.2. The zero-order valence-electron chi connectivity index (χ0n) is 21.7. The van der Waals surface area contributed by atoms with E-state index in [-0.39, 0.29) is 29.0 Å². The molecule has 0 amide bonds. The summed E-state index contributed by atoms with van der Waals surface area (Å²) in [6.07, 6.45) is -17.0. The zero-order valence-corrected chi connectivity index (χ0v) is 21.7. The number of hydrogen-bond donors (Lipinski definition) is 9. The zero-order chi connectivity index (χ0) is 29.7. The van der Waals surface area contributed by atoms with Gasteiger partial charge in [-0.25, -0.2) is 0 Å². The SMILES string of the molecule is C[C@@H]1OC(O[C@@H]2[C@@H](O)[C@H](O)[C@@H](CO)O[C@H]2c2c(O)cc(O)c3c2OC(c2ccc(O)cc2)CC3=O)[C@H](O)[C@H](O)[C@H]1O. The largest absolute Gasteiger partial charge is 0.508 e. The van der Waals surface area contributed by atoms with Crippen molar-refractivity contribution in [1.82, 2.24) is 0 Å². The van der Waals surface area contributed by atoms with Crippen LogP contribution >= 0.6 is 0 Å². The molecule has 3 aliphatic rings. The van der Waals surface area contributed by atoms with Gasteiger partial charge in [0, 0.05) is 6.07 Å². The summed E-state index contributed by atoms with van der Waals surface area (Å²) in [5, 5.41) is 93.5.